The SMILES string of the molecule is Cc1c(C(C)C)[nH]c2c1C(=O)C1CN(C)CCC1C2. The van der Waals surface area contributed by atoms with Crippen molar-refractivity contribution in [3.8, 4) is 0 Å². The zero-order chi connectivity index (χ0) is 13.7. The van der Waals surface area contributed by atoms with Crippen molar-refractivity contribution in [2.45, 2.75) is 39.5 Å². The number of piperidine rings is 1. The van der Waals surface area contributed by atoms with Gasteiger partial charge in [0.2, 0.25) is 0 Å². The minimum atomic E-state index is 0.223. The Balaban J connectivity index is 2.02. The summed E-state index contributed by atoms with van der Waals surface area (Å²) in [6, 6.07) is 0. The van der Waals surface area contributed by atoms with Crippen LogP contribution in [0.5, 0.6) is 0 Å². The molecule has 104 valence electrons. The van der Waals surface area contributed by atoms with Gasteiger partial charge in [-0.05, 0) is 50.8 Å². The second-order valence-electron chi connectivity index (χ2n) is 6.66. The van der Waals surface area contributed by atoms with E-state index in [1.807, 2.05) is 0 Å². The van der Waals surface area contributed by atoms with Crippen molar-refractivity contribution in [2.24, 2.45) is 11.8 Å². The molecule has 1 N–H and O–H groups in total. The zero-order valence-electron chi connectivity index (χ0n) is 12.4. The summed E-state index contributed by atoms with van der Waals surface area (Å²) in [5, 5.41) is 0. The Labute approximate surface area is 115 Å². The number of ketones is 1. The van der Waals surface area contributed by atoms with Crippen LogP contribution in [0.1, 0.15) is 53.5 Å². The quantitative estimate of drug-likeness (QED) is 0.843. The highest BCUT2D eigenvalue weighted by molar-refractivity contribution is 6.02. The Morgan fingerprint density at radius 3 is 2.79 bits per heavy atom. The van der Waals surface area contributed by atoms with E-state index in [0.717, 1.165) is 31.5 Å². The van der Waals surface area contributed by atoms with Crippen molar-refractivity contribution in [1.29, 1.82) is 0 Å². The molecular formula is C16H24N2O. The molecule has 1 aliphatic heterocycles. The first-order chi connectivity index (χ1) is 8.99. The molecule has 19 heavy (non-hydrogen) atoms. The molecule has 2 heterocycles. The third kappa shape index (κ3) is 1.95. The van der Waals surface area contributed by atoms with Gasteiger partial charge in [-0.2, -0.15) is 0 Å². The summed E-state index contributed by atoms with van der Waals surface area (Å²) in [5.74, 6) is 1.62. The van der Waals surface area contributed by atoms with Crippen LogP contribution < -0.4 is 0 Å². The number of Topliss-reactive ketones (excluding diaryl/α,β-unsaturated/α-hetero) is 1. The maximum atomic E-state index is 12.8. The Hall–Kier alpha value is -1.09. The molecule has 0 saturated carbocycles. The fourth-order valence-corrected chi connectivity index (χ4v) is 3.90. The van der Waals surface area contributed by atoms with Crippen LogP contribution in [0.25, 0.3) is 0 Å². The van der Waals surface area contributed by atoms with Crippen molar-refractivity contribution < 1.29 is 4.79 Å². The monoisotopic (exact) mass is 260 g/mol. The van der Waals surface area contributed by atoms with Crippen molar-refractivity contribution in [2.75, 3.05) is 20.1 Å². The average molecular weight is 260 g/mol. The minimum Gasteiger partial charge on any atom is -0.361 e. The number of aromatic nitrogens is 1. The van der Waals surface area contributed by atoms with E-state index < -0.39 is 0 Å². The highest BCUT2D eigenvalue weighted by atomic mass is 16.1. The minimum absolute atomic E-state index is 0.223. The number of aromatic amines is 1. The number of hydrogen-bond acceptors (Lipinski definition) is 2. The van der Waals surface area contributed by atoms with E-state index in [2.05, 4.69) is 37.7 Å². The van der Waals surface area contributed by atoms with Gasteiger partial charge in [-0.25, -0.2) is 0 Å². The lowest BCUT2D eigenvalue weighted by atomic mass is 9.73. The van der Waals surface area contributed by atoms with E-state index in [9.17, 15) is 4.79 Å². The number of carbonyl (C=O) groups is 1. The van der Waals surface area contributed by atoms with Gasteiger partial charge in [0.25, 0.3) is 0 Å². The predicted molar refractivity (Wildman–Crippen MR) is 76.7 cm³/mol. The molecular weight excluding hydrogens is 236 g/mol. The average Bonchev–Trinajstić information content (AvgIpc) is 2.68. The lowest BCUT2D eigenvalue weighted by Gasteiger charge is -2.38. The summed E-state index contributed by atoms with van der Waals surface area (Å²) in [4.78, 5) is 18.6. The van der Waals surface area contributed by atoms with Crippen LogP contribution in [0.15, 0.2) is 0 Å². The maximum absolute atomic E-state index is 12.8. The molecule has 3 heteroatoms. The van der Waals surface area contributed by atoms with E-state index in [1.165, 1.54) is 17.0 Å². The third-order valence-corrected chi connectivity index (χ3v) is 4.95. The molecule has 2 aliphatic rings. The van der Waals surface area contributed by atoms with Crippen LogP contribution in [-0.4, -0.2) is 35.8 Å². The Kier molecular flexibility index (Phi) is 3.05. The van der Waals surface area contributed by atoms with Crippen LogP contribution in [-0.2, 0) is 6.42 Å². The lowest BCUT2D eigenvalue weighted by molar-refractivity contribution is 0.0705. The van der Waals surface area contributed by atoms with Crippen LogP contribution in [0.4, 0.5) is 0 Å². The summed E-state index contributed by atoms with van der Waals surface area (Å²) < 4.78 is 0. The second kappa shape index (κ2) is 4.48. The molecule has 1 saturated heterocycles. The van der Waals surface area contributed by atoms with Gasteiger partial charge in [-0.3, -0.25) is 4.79 Å². The van der Waals surface area contributed by atoms with E-state index in [-0.39, 0.29) is 5.92 Å². The first kappa shape index (κ1) is 12.9. The number of H-pyrrole nitrogens is 1. The fraction of sp³-hybridized carbons (Fsp3) is 0.688. The van der Waals surface area contributed by atoms with Crippen LogP contribution in [0, 0.1) is 18.8 Å². The van der Waals surface area contributed by atoms with Gasteiger partial charge < -0.3 is 9.88 Å². The highest BCUT2D eigenvalue weighted by Gasteiger charge is 2.40. The molecule has 1 aliphatic carbocycles. The third-order valence-electron chi connectivity index (χ3n) is 4.95. The van der Waals surface area contributed by atoms with Crippen molar-refractivity contribution in [1.82, 2.24) is 9.88 Å². The summed E-state index contributed by atoms with van der Waals surface area (Å²) >= 11 is 0. The summed E-state index contributed by atoms with van der Waals surface area (Å²) in [6.07, 6.45) is 2.22. The highest BCUT2D eigenvalue weighted by Crippen LogP contribution is 2.38. The Morgan fingerprint density at radius 2 is 2.11 bits per heavy atom. The smallest absolute Gasteiger partial charge is 0.169 e. The molecule has 1 aromatic rings. The predicted octanol–water partition coefficient (Wildman–Crippen LogP) is 2.75. The second-order valence-corrected chi connectivity index (χ2v) is 6.66. The molecule has 3 nitrogen and oxygen atoms in total. The molecule has 2 unspecified atom stereocenters. The fourth-order valence-electron chi connectivity index (χ4n) is 3.90. The van der Waals surface area contributed by atoms with Crippen molar-refractivity contribution in [3.05, 3.63) is 22.5 Å². The van der Waals surface area contributed by atoms with E-state index in [4.69, 9.17) is 0 Å². The van der Waals surface area contributed by atoms with Crippen LogP contribution in [0.2, 0.25) is 0 Å². The Morgan fingerprint density at radius 1 is 1.37 bits per heavy atom. The number of likely N-dealkylation sites (tertiary alicyclic amines) is 1. The van der Waals surface area contributed by atoms with E-state index in [1.54, 1.807) is 0 Å². The van der Waals surface area contributed by atoms with Crippen molar-refractivity contribution >= 4 is 5.78 Å². The van der Waals surface area contributed by atoms with Gasteiger partial charge in [0.15, 0.2) is 5.78 Å². The lowest BCUT2D eigenvalue weighted by Crippen LogP contribution is -2.45. The molecule has 0 spiro atoms. The molecule has 1 aromatic heterocycles. The molecule has 0 amide bonds. The van der Waals surface area contributed by atoms with E-state index in [0.29, 0.717) is 17.6 Å². The van der Waals surface area contributed by atoms with Crippen molar-refractivity contribution in [3.63, 3.8) is 0 Å². The van der Waals surface area contributed by atoms with Gasteiger partial charge >= 0.3 is 0 Å². The standard InChI is InChI=1S/C16H24N2O/c1-9(2)15-10(3)14-13(17-15)7-11-5-6-18(4)8-12(11)16(14)19/h9,11-12,17H,5-8H2,1-4H3. The van der Waals surface area contributed by atoms with Gasteiger partial charge in [-0.1, -0.05) is 13.8 Å². The molecule has 1 fully saturated rings. The van der Waals surface area contributed by atoms with Gasteiger partial charge in [0, 0.05) is 29.4 Å². The number of nitrogens with one attached hydrogen (secondary N) is 1. The van der Waals surface area contributed by atoms with Gasteiger partial charge in [0.05, 0.1) is 0 Å². The first-order valence-electron chi connectivity index (χ1n) is 7.43. The first-order valence-corrected chi connectivity index (χ1v) is 7.43. The van der Waals surface area contributed by atoms with Crippen LogP contribution >= 0.6 is 0 Å². The summed E-state index contributed by atoms with van der Waals surface area (Å²) in [7, 11) is 2.13. The molecule has 0 aromatic carbocycles. The molecule has 2 atom stereocenters. The largest absolute Gasteiger partial charge is 0.361 e. The molecule has 0 radical (unpaired) electrons. The topological polar surface area (TPSA) is 36.1 Å². The molecule has 0 bridgehead atoms. The zero-order valence-corrected chi connectivity index (χ0v) is 12.4. The number of hydrogen-bond donors (Lipinski definition) is 1. The van der Waals surface area contributed by atoms with E-state index >= 15 is 0 Å². The summed E-state index contributed by atoms with van der Waals surface area (Å²) in [6.45, 7) is 8.55. The normalized spacial score (nSPS) is 27.5. The summed E-state index contributed by atoms with van der Waals surface area (Å²) in [5.41, 5.74) is 4.67. The number of carbonyl (C=O) groups excluding carboxylic acids is 1. The van der Waals surface area contributed by atoms with Gasteiger partial charge in [0.1, 0.15) is 0 Å². The number of nitrogens with zero attached hydrogens (tertiary/aromatic N) is 1. The maximum Gasteiger partial charge on any atom is 0.169 e. The Bertz CT molecular complexity index is 515. The number of fused-ring (bicyclic) bond motifs is 2. The number of rotatable bonds is 1. The van der Waals surface area contributed by atoms with Gasteiger partial charge in [-0.15, -0.1) is 0 Å². The van der Waals surface area contributed by atoms with Crippen LogP contribution in [0.3, 0.4) is 0 Å². The molecule has 3 rings (SSSR count).